The zero-order valence-corrected chi connectivity index (χ0v) is 20.1. The third-order valence-corrected chi connectivity index (χ3v) is 8.38. The first kappa shape index (κ1) is 23.1. The summed E-state index contributed by atoms with van der Waals surface area (Å²) in [5.74, 6) is -0.274. The van der Waals surface area contributed by atoms with Gasteiger partial charge in [-0.15, -0.1) is 4.72 Å². The molecule has 5 atom stereocenters. The van der Waals surface area contributed by atoms with Gasteiger partial charge in [-0.05, 0) is 43.4 Å². The predicted octanol–water partition coefficient (Wildman–Crippen LogP) is 2.61. The highest BCUT2D eigenvalue weighted by Crippen LogP contribution is 2.64. The number of fused-ring (bicyclic) bond motifs is 1. The molecule has 2 fully saturated rings. The maximum absolute atomic E-state index is 13.6. The number of benzene rings is 1. The van der Waals surface area contributed by atoms with Gasteiger partial charge in [0.25, 0.3) is 0 Å². The van der Waals surface area contributed by atoms with E-state index in [1.807, 2.05) is 53.7 Å². The summed E-state index contributed by atoms with van der Waals surface area (Å²) in [5.41, 5.74) is 8.20. The van der Waals surface area contributed by atoms with Gasteiger partial charge in [0.1, 0.15) is 12.1 Å². The molecule has 6 nitrogen and oxygen atoms in total. The van der Waals surface area contributed by atoms with E-state index in [4.69, 9.17) is 5.73 Å². The Morgan fingerprint density at radius 3 is 2.23 bits per heavy atom. The van der Waals surface area contributed by atoms with E-state index in [2.05, 4.69) is 18.6 Å². The van der Waals surface area contributed by atoms with Crippen LogP contribution in [-0.4, -0.2) is 39.9 Å². The zero-order valence-electron chi connectivity index (χ0n) is 19.3. The molecule has 3 N–H and O–H groups in total. The van der Waals surface area contributed by atoms with E-state index in [-0.39, 0.29) is 23.2 Å². The molecule has 0 spiro atoms. The lowest BCUT2D eigenvalue weighted by atomic mass is 9.86. The Kier molecular flexibility index (Phi) is 5.80. The quantitative estimate of drug-likeness (QED) is 0.697. The molecule has 30 heavy (non-hydrogen) atoms. The van der Waals surface area contributed by atoms with Crippen molar-refractivity contribution in [2.24, 2.45) is 28.4 Å². The molecule has 0 bridgehead atoms. The lowest BCUT2D eigenvalue weighted by molar-refractivity contribution is -0.142. The number of carbonyl (C=O) groups excluding carboxylic acids is 2. The van der Waals surface area contributed by atoms with Gasteiger partial charge >= 0.3 is 0 Å². The molecule has 0 radical (unpaired) electrons. The lowest BCUT2D eigenvalue weighted by Crippen LogP contribution is -2.58. The Morgan fingerprint density at radius 2 is 1.77 bits per heavy atom. The van der Waals surface area contributed by atoms with E-state index in [0.717, 1.165) is 16.7 Å². The minimum Gasteiger partial charge on any atom is -0.593 e. The fourth-order valence-electron chi connectivity index (χ4n) is 5.23. The van der Waals surface area contributed by atoms with Crippen LogP contribution in [0.5, 0.6) is 0 Å². The fourth-order valence-corrected chi connectivity index (χ4v) is 6.72. The average molecular weight is 434 g/mol. The van der Waals surface area contributed by atoms with Crippen molar-refractivity contribution in [3.05, 3.63) is 28.8 Å². The van der Waals surface area contributed by atoms with Gasteiger partial charge in [0.2, 0.25) is 11.8 Å². The Bertz CT molecular complexity index is 854. The molecular formula is C23H35N3O3S. The first-order chi connectivity index (χ1) is 13.7. The van der Waals surface area contributed by atoms with E-state index in [1.54, 1.807) is 4.90 Å². The first-order valence-electron chi connectivity index (χ1n) is 10.5. The van der Waals surface area contributed by atoms with Crippen LogP contribution in [0.15, 0.2) is 17.0 Å². The molecule has 0 aromatic heterocycles. The second-order valence-corrected chi connectivity index (χ2v) is 11.9. The van der Waals surface area contributed by atoms with Crippen LogP contribution in [0.25, 0.3) is 0 Å². The number of hydrogen-bond acceptors (Lipinski definition) is 4. The van der Waals surface area contributed by atoms with Crippen LogP contribution in [0.4, 0.5) is 0 Å². The molecule has 1 aromatic carbocycles. The van der Waals surface area contributed by atoms with Crippen molar-refractivity contribution in [3.63, 3.8) is 0 Å². The summed E-state index contributed by atoms with van der Waals surface area (Å²) >= 11 is -1.56. The predicted molar refractivity (Wildman–Crippen MR) is 119 cm³/mol. The fraction of sp³-hybridized carbons (Fsp3) is 0.652. The van der Waals surface area contributed by atoms with Gasteiger partial charge in [0, 0.05) is 17.7 Å². The van der Waals surface area contributed by atoms with Crippen molar-refractivity contribution in [3.8, 4) is 0 Å². The average Bonchev–Trinajstić information content (AvgIpc) is 2.93. The minimum atomic E-state index is -1.56. The summed E-state index contributed by atoms with van der Waals surface area (Å²) in [6, 6.07) is 2.69. The summed E-state index contributed by atoms with van der Waals surface area (Å²) in [6.07, 6.45) is 0. The Morgan fingerprint density at radius 1 is 1.23 bits per heavy atom. The number of amides is 2. The zero-order chi connectivity index (χ0) is 22.8. The van der Waals surface area contributed by atoms with E-state index < -0.39 is 34.8 Å². The smallest absolute Gasteiger partial charge is 0.245 e. The van der Waals surface area contributed by atoms with Crippen LogP contribution in [-0.2, 0) is 21.0 Å². The third-order valence-electron chi connectivity index (χ3n) is 6.91. The van der Waals surface area contributed by atoms with Crippen LogP contribution >= 0.6 is 0 Å². The van der Waals surface area contributed by atoms with Crippen molar-refractivity contribution in [2.45, 2.75) is 72.4 Å². The van der Waals surface area contributed by atoms with Crippen molar-refractivity contribution >= 4 is 23.2 Å². The van der Waals surface area contributed by atoms with Crippen LogP contribution < -0.4 is 10.5 Å². The van der Waals surface area contributed by atoms with E-state index >= 15 is 0 Å². The van der Waals surface area contributed by atoms with Crippen molar-refractivity contribution < 1.29 is 14.1 Å². The first-order valence-corrected chi connectivity index (χ1v) is 11.7. The van der Waals surface area contributed by atoms with Gasteiger partial charge < -0.3 is 15.2 Å². The molecule has 2 unspecified atom stereocenters. The number of nitrogens with zero attached hydrogens (tertiary/aromatic N) is 1. The molecule has 2 amide bonds. The maximum Gasteiger partial charge on any atom is 0.245 e. The Labute approximate surface area is 183 Å². The van der Waals surface area contributed by atoms with Crippen LogP contribution in [0.3, 0.4) is 0 Å². The largest absolute Gasteiger partial charge is 0.593 e. The van der Waals surface area contributed by atoms with E-state index in [1.165, 1.54) is 0 Å². The summed E-state index contributed by atoms with van der Waals surface area (Å²) in [4.78, 5) is 28.2. The van der Waals surface area contributed by atoms with Crippen molar-refractivity contribution in [2.75, 3.05) is 6.54 Å². The van der Waals surface area contributed by atoms with Gasteiger partial charge in [-0.1, -0.05) is 52.3 Å². The van der Waals surface area contributed by atoms with Crippen molar-refractivity contribution in [1.29, 1.82) is 0 Å². The number of nitrogens with one attached hydrogen (secondary N) is 1. The van der Waals surface area contributed by atoms with Gasteiger partial charge in [-0.2, -0.15) is 0 Å². The van der Waals surface area contributed by atoms with Crippen LogP contribution in [0, 0.1) is 43.4 Å². The molecular weight excluding hydrogens is 398 g/mol. The number of aryl methyl sites for hydroxylation is 3. The second kappa shape index (κ2) is 7.53. The highest BCUT2D eigenvalue weighted by molar-refractivity contribution is 7.89. The normalized spacial score (nSPS) is 26.8. The van der Waals surface area contributed by atoms with Crippen molar-refractivity contribution in [1.82, 2.24) is 9.62 Å². The molecule has 1 saturated heterocycles. The number of nitrogens with two attached hydrogens (primary N) is 1. The molecule has 2 aliphatic rings. The van der Waals surface area contributed by atoms with Gasteiger partial charge in [0.05, 0.1) is 11.4 Å². The number of hydrogen-bond donors (Lipinski definition) is 2. The molecule has 7 heteroatoms. The Balaban J connectivity index is 1.87. The minimum absolute atomic E-state index is 0.0279. The van der Waals surface area contributed by atoms with Gasteiger partial charge in [0.15, 0.2) is 4.90 Å². The topological polar surface area (TPSA) is 98.5 Å². The molecule has 1 heterocycles. The number of carbonyl (C=O) groups is 2. The summed E-state index contributed by atoms with van der Waals surface area (Å²) in [5, 5.41) is 0. The summed E-state index contributed by atoms with van der Waals surface area (Å²) < 4.78 is 16.4. The third kappa shape index (κ3) is 3.87. The maximum atomic E-state index is 13.6. The number of piperidine rings is 1. The summed E-state index contributed by atoms with van der Waals surface area (Å²) in [6.45, 7) is 16.5. The monoisotopic (exact) mass is 433 g/mol. The summed E-state index contributed by atoms with van der Waals surface area (Å²) in [7, 11) is 0. The standard InChI is InChI=1S/C23H35N3O3S/c1-12-9-13(2)18(14(3)10-12)30(29)25-19(22(4,5)6)21(28)26-11-15-16(23(15,7)8)17(26)20(24)27/h9-10,15-17,19,25H,11H2,1-8H3,(H2,24,27)/t15?,16-,17-,19+,30?/m0/s1. The van der Waals surface area contributed by atoms with Crippen LogP contribution in [0.1, 0.15) is 51.3 Å². The highest BCUT2D eigenvalue weighted by Gasteiger charge is 2.69. The highest BCUT2D eigenvalue weighted by atomic mass is 32.2. The molecule has 3 rings (SSSR count). The van der Waals surface area contributed by atoms with Gasteiger partial charge in [-0.3, -0.25) is 9.59 Å². The van der Waals surface area contributed by atoms with E-state index in [0.29, 0.717) is 11.4 Å². The number of rotatable bonds is 5. The SMILES string of the molecule is Cc1cc(C)c([S+]([O-])N[C@H](C(=O)N2CC3[C@@H]([C@H]2C(N)=O)C3(C)C)C(C)(C)C)c(C)c1. The molecule has 1 saturated carbocycles. The molecule has 1 aliphatic heterocycles. The molecule has 166 valence electrons. The van der Waals surface area contributed by atoms with Gasteiger partial charge in [-0.25, -0.2) is 0 Å². The second-order valence-electron chi connectivity index (χ2n) is 10.7. The van der Waals surface area contributed by atoms with Crippen LogP contribution in [0.2, 0.25) is 0 Å². The number of likely N-dealkylation sites (tertiary alicyclic amines) is 1. The lowest BCUT2D eigenvalue weighted by Gasteiger charge is -2.36. The molecule has 1 aliphatic carbocycles. The number of primary amides is 1. The van der Waals surface area contributed by atoms with E-state index in [9.17, 15) is 14.1 Å². The molecule has 1 aromatic rings. The Hall–Kier alpha value is -1.57.